The molecule has 1 aliphatic carbocycles. The lowest BCUT2D eigenvalue weighted by Gasteiger charge is -2.20. The lowest BCUT2D eigenvalue weighted by molar-refractivity contribution is 1.01. The van der Waals surface area contributed by atoms with E-state index in [9.17, 15) is 0 Å². The molecule has 0 amide bonds. The molecule has 1 unspecified atom stereocenters. The van der Waals surface area contributed by atoms with Crippen LogP contribution in [-0.4, -0.2) is 64.1 Å². The van der Waals surface area contributed by atoms with Gasteiger partial charge in [-0.25, -0.2) is 0 Å². The lowest BCUT2D eigenvalue weighted by Crippen LogP contribution is -2.48. The van der Waals surface area contributed by atoms with Crippen molar-refractivity contribution in [2.75, 3.05) is 0 Å². The fraction of sp³-hybridized carbons (Fsp3) is 0.0149. The van der Waals surface area contributed by atoms with Crippen LogP contribution >= 0.6 is 0 Å². The van der Waals surface area contributed by atoms with E-state index in [1.165, 1.54) is 166 Å². The maximum absolute atomic E-state index is 2.64. The van der Waals surface area contributed by atoms with Crippen LogP contribution < -0.4 is 38.2 Å². The summed E-state index contributed by atoms with van der Waals surface area (Å²) in [6, 6.07) is 81.1. The SMILES string of the molecule is Bc1c(B)c(B)c2c(c1B)c1c(B)c(-c3ccc4c(c3)c3c(-c5ccccc5)cccc3n4-c3ccccc3-c3ccccc3)c(B)c(B)c1n2-c1ccc2c(c1)-c1ccccc1C2c1cccc(-c2ccccc2)c1. The minimum atomic E-state index is 0.137. The normalized spacial score (nSPS) is 13.0. The largest absolute Gasteiger partial charge is 0.310 e. The Hall–Kier alpha value is -8.53. The number of aromatic nitrogens is 2. The van der Waals surface area contributed by atoms with Gasteiger partial charge in [0, 0.05) is 44.4 Å². The Morgan fingerprint density at radius 1 is 0.303 bits per heavy atom. The summed E-state index contributed by atoms with van der Waals surface area (Å²) in [4.78, 5) is 0. The summed E-state index contributed by atoms with van der Waals surface area (Å²) in [6.45, 7) is 0. The monoisotopic (exact) mass is 960 g/mol. The fourth-order valence-electron chi connectivity index (χ4n) is 13.5. The summed E-state index contributed by atoms with van der Waals surface area (Å²) >= 11 is 0. The molecule has 2 nitrogen and oxygen atoms in total. The van der Waals surface area contributed by atoms with E-state index in [0.717, 1.165) is 0 Å². The Balaban J connectivity index is 1.01. The molecule has 0 fully saturated rings. The fourth-order valence-corrected chi connectivity index (χ4v) is 13.5. The molecule has 11 aromatic carbocycles. The number of fused-ring (bicyclic) bond motifs is 9. The van der Waals surface area contributed by atoms with Crippen molar-refractivity contribution in [1.82, 2.24) is 9.13 Å². The molecule has 0 saturated carbocycles. The average molecular weight is 960 g/mol. The van der Waals surface area contributed by atoms with Crippen LogP contribution in [-0.2, 0) is 0 Å². The summed E-state index contributed by atoms with van der Waals surface area (Å²) in [6.07, 6.45) is 0. The zero-order valence-corrected chi connectivity index (χ0v) is 44.3. The molecular weight excluding hydrogens is 908 g/mol. The van der Waals surface area contributed by atoms with Crippen LogP contribution in [0.25, 0.3) is 111 Å². The molecular formula is C67H51B7N2. The molecule has 0 radical (unpaired) electrons. The van der Waals surface area contributed by atoms with E-state index in [4.69, 9.17) is 0 Å². The lowest BCUT2D eigenvalue weighted by atomic mass is 9.64. The number of rotatable bonds is 7. The number of benzene rings is 11. The highest BCUT2D eigenvalue weighted by Crippen LogP contribution is 2.50. The van der Waals surface area contributed by atoms with Crippen LogP contribution in [0.4, 0.5) is 0 Å². The number of hydrogen-bond donors (Lipinski definition) is 0. The van der Waals surface area contributed by atoms with Crippen LogP contribution in [0.1, 0.15) is 22.6 Å². The molecule has 1 aliphatic rings. The maximum atomic E-state index is 2.64. The first kappa shape index (κ1) is 46.0. The Labute approximate surface area is 451 Å². The molecule has 2 heterocycles. The summed E-state index contributed by atoms with van der Waals surface area (Å²) in [7, 11) is 16.5. The molecule has 13 aromatic rings. The van der Waals surface area contributed by atoms with Crippen molar-refractivity contribution >= 4 is 137 Å². The molecule has 1 atom stereocenters. The number of para-hydroxylation sites is 1. The van der Waals surface area contributed by atoms with Crippen molar-refractivity contribution in [2.45, 2.75) is 5.92 Å². The van der Waals surface area contributed by atoms with Crippen molar-refractivity contribution in [3.8, 4) is 67.0 Å². The molecule has 0 N–H and O–H groups in total. The van der Waals surface area contributed by atoms with Gasteiger partial charge in [-0.3, -0.25) is 0 Å². The third-order valence-electron chi connectivity index (χ3n) is 17.5. The highest BCUT2D eigenvalue weighted by Gasteiger charge is 2.32. The van der Waals surface area contributed by atoms with E-state index in [2.05, 4.69) is 282 Å². The summed E-state index contributed by atoms with van der Waals surface area (Å²) < 4.78 is 5.14. The van der Waals surface area contributed by atoms with Gasteiger partial charge in [-0.15, -0.1) is 5.46 Å². The quantitative estimate of drug-likeness (QED) is 0.187. The molecule has 0 aliphatic heterocycles. The predicted octanol–water partition coefficient (Wildman–Crippen LogP) is 5.52. The molecule has 0 spiro atoms. The second-order valence-corrected chi connectivity index (χ2v) is 21.3. The van der Waals surface area contributed by atoms with Gasteiger partial charge in [0.15, 0.2) is 0 Å². The first-order valence-corrected chi connectivity index (χ1v) is 26.9. The molecule has 350 valence electrons. The Kier molecular flexibility index (Phi) is 10.8. The van der Waals surface area contributed by atoms with Gasteiger partial charge in [-0.05, 0) is 109 Å². The topological polar surface area (TPSA) is 9.86 Å². The highest BCUT2D eigenvalue weighted by atomic mass is 15.0. The van der Waals surface area contributed by atoms with Gasteiger partial charge < -0.3 is 9.13 Å². The van der Waals surface area contributed by atoms with Gasteiger partial charge in [-0.1, -0.05) is 215 Å². The van der Waals surface area contributed by atoms with Gasteiger partial charge in [0.25, 0.3) is 0 Å². The van der Waals surface area contributed by atoms with Crippen LogP contribution in [0.5, 0.6) is 0 Å². The van der Waals surface area contributed by atoms with E-state index in [0.29, 0.717) is 0 Å². The van der Waals surface area contributed by atoms with Gasteiger partial charge in [0.2, 0.25) is 0 Å². The Morgan fingerprint density at radius 2 is 0.868 bits per heavy atom. The van der Waals surface area contributed by atoms with Crippen LogP contribution in [0.2, 0.25) is 0 Å². The van der Waals surface area contributed by atoms with Gasteiger partial charge in [0.1, 0.15) is 54.9 Å². The van der Waals surface area contributed by atoms with Crippen molar-refractivity contribution in [3.05, 3.63) is 235 Å². The van der Waals surface area contributed by atoms with E-state index < -0.39 is 0 Å². The average Bonchev–Trinajstić information content (AvgIpc) is 4.18. The summed E-state index contributed by atoms with van der Waals surface area (Å²) in [5.41, 5.74) is 33.3. The van der Waals surface area contributed by atoms with Crippen molar-refractivity contribution in [2.24, 2.45) is 0 Å². The van der Waals surface area contributed by atoms with Gasteiger partial charge >= 0.3 is 0 Å². The zero-order valence-electron chi connectivity index (χ0n) is 44.3. The van der Waals surface area contributed by atoms with E-state index in [1.807, 2.05) is 0 Å². The van der Waals surface area contributed by atoms with Crippen LogP contribution in [0.15, 0.2) is 218 Å². The zero-order chi connectivity index (χ0) is 51.5. The first-order valence-electron chi connectivity index (χ1n) is 26.9. The van der Waals surface area contributed by atoms with Gasteiger partial charge in [-0.2, -0.15) is 0 Å². The van der Waals surface area contributed by atoms with Gasteiger partial charge in [0.05, 0.1) is 16.7 Å². The molecule has 0 saturated heterocycles. The number of nitrogens with zero attached hydrogens (tertiary/aromatic N) is 2. The number of hydrogen-bond acceptors (Lipinski definition) is 0. The predicted molar refractivity (Wildman–Crippen MR) is 347 cm³/mol. The smallest absolute Gasteiger partial charge is 0.141 e. The molecule has 0 bridgehead atoms. The minimum Gasteiger partial charge on any atom is -0.310 e. The third kappa shape index (κ3) is 6.84. The van der Waals surface area contributed by atoms with Crippen molar-refractivity contribution < 1.29 is 0 Å². The van der Waals surface area contributed by atoms with Crippen molar-refractivity contribution in [1.29, 1.82) is 0 Å². The first-order chi connectivity index (χ1) is 37.2. The van der Waals surface area contributed by atoms with Crippen LogP contribution in [0.3, 0.4) is 0 Å². The van der Waals surface area contributed by atoms with Crippen LogP contribution in [0, 0.1) is 0 Å². The molecule has 14 rings (SSSR count). The van der Waals surface area contributed by atoms with E-state index in [-0.39, 0.29) is 5.92 Å². The Bertz CT molecular complexity index is 4540. The molecule has 9 heteroatoms. The third-order valence-corrected chi connectivity index (χ3v) is 17.5. The van der Waals surface area contributed by atoms with E-state index in [1.54, 1.807) is 0 Å². The minimum absolute atomic E-state index is 0.137. The molecule has 76 heavy (non-hydrogen) atoms. The standard InChI is InChI=1S/C67H51B7N2/c68-59-55(42-30-33-52-50(35-42)56-45(39-20-8-3-9-21-39)27-15-29-53(56)76(52)51-28-13-12-24-44(51)38-18-6-2-7-19-38)60(69)64(73)66-57(59)58-61(70)62(71)63(72)65(74)67(58)75(66)43-31-32-48-49(36-43)46-25-10-11-26-47(46)54(48)41-23-14-22-40(34-41)37-16-4-1-5-17-37/h1-36,54H,68-74H2. The summed E-state index contributed by atoms with van der Waals surface area (Å²) in [5, 5.41) is 5.21. The summed E-state index contributed by atoms with van der Waals surface area (Å²) in [5.74, 6) is 0.137. The second kappa shape index (κ2) is 17.8. The second-order valence-electron chi connectivity index (χ2n) is 21.3. The highest BCUT2D eigenvalue weighted by molar-refractivity contribution is 6.69. The Morgan fingerprint density at radius 3 is 1.61 bits per heavy atom. The molecule has 2 aromatic heterocycles. The van der Waals surface area contributed by atoms with Crippen molar-refractivity contribution in [3.63, 3.8) is 0 Å². The maximum Gasteiger partial charge on any atom is 0.141 e. The van der Waals surface area contributed by atoms with E-state index >= 15 is 0 Å².